The number of aryl methyl sites for hydroxylation is 1. The topological polar surface area (TPSA) is 63.3 Å². The van der Waals surface area contributed by atoms with Crippen LogP contribution in [0.25, 0.3) is 11.0 Å². The van der Waals surface area contributed by atoms with Gasteiger partial charge in [0.05, 0.1) is 17.7 Å². The Morgan fingerprint density at radius 3 is 3.04 bits per heavy atom. The Hall–Kier alpha value is -2.02. The van der Waals surface area contributed by atoms with Gasteiger partial charge in [0, 0.05) is 50.0 Å². The lowest BCUT2D eigenvalue weighted by molar-refractivity contribution is -0.134. The maximum atomic E-state index is 13.0. The summed E-state index contributed by atoms with van der Waals surface area (Å²) in [7, 11) is 1.94. The van der Waals surface area contributed by atoms with E-state index < -0.39 is 0 Å². The summed E-state index contributed by atoms with van der Waals surface area (Å²) in [4.78, 5) is 19.3. The molecule has 3 aromatic rings. The van der Waals surface area contributed by atoms with Crippen LogP contribution in [0.5, 0.6) is 0 Å². The van der Waals surface area contributed by atoms with Crippen LogP contribution in [0.15, 0.2) is 35.2 Å². The van der Waals surface area contributed by atoms with Gasteiger partial charge >= 0.3 is 0 Å². The summed E-state index contributed by atoms with van der Waals surface area (Å²) in [6.07, 6.45) is 5.47. The molecule has 2 aromatic heterocycles. The quantitative estimate of drug-likeness (QED) is 0.743. The zero-order chi connectivity index (χ0) is 18.3. The summed E-state index contributed by atoms with van der Waals surface area (Å²) in [6.45, 7) is 2.09. The molecule has 0 radical (unpaired) electrons. The van der Waals surface area contributed by atoms with Gasteiger partial charge in [-0.25, -0.2) is 4.98 Å². The van der Waals surface area contributed by atoms with Gasteiger partial charge < -0.3 is 19.2 Å². The molecule has 1 N–H and O–H groups in total. The number of aromatic nitrogens is 2. The molecule has 6 nitrogen and oxygen atoms in total. The van der Waals surface area contributed by atoms with Gasteiger partial charge in [-0.15, -0.1) is 0 Å². The highest BCUT2D eigenvalue weighted by molar-refractivity contribution is 6.44. The van der Waals surface area contributed by atoms with Gasteiger partial charge in [0.2, 0.25) is 5.91 Å². The van der Waals surface area contributed by atoms with E-state index in [1.54, 1.807) is 18.5 Å². The first-order valence-corrected chi connectivity index (χ1v) is 9.13. The Bertz CT molecular complexity index is 965. The summed E-state index contributed by atoms with van der Waals surface area (Å²) in [6, 6.07) is 3.47. The minimum absolute atomic E-state index is 0.0354. The van der Waals surface area contributed by atoms with Crippen molar-refractivity contribution in [1.29, 1.82) is 0 Å². The van der Waals surface area contributed by atoms with Crippen LogP contribution in [0, 0.1) is 0 Å². The normalized spacial score (nSPS) is 17.8. The molecule has 0 saturated carbocycles. The van der Waals surface area contributed by atoms with Crippen molar-refractivity contribution in [1.82, 2.24) is 19.8 Å². The number of piperazine rings is 1. The SMILES string of the molecule is Cn1ccnc1C1CNCCN1C(=O)Cc1coc2c(Cl)c(Cl)ccc12. The molecule has 0 aliphatic carbocycles. The summed E-state index contributed by atoms with van der Waals surface area (Å²) in [5, 5.41) is 4.96. The van der Waals surface area contributed by atoms with Gasteiger partial charge in [-0.05, 0) is 12.1 Å². The molecule has 8 heteroatoms. The second-order valence-electron chi connectivity index (χ2n) is 6.38. The van der Waals surface area contributed by atoms with Gasteiger partial charge in [-0.1, -0.05) is 23.2 Å². The van der Waals surface area contributed by atoms with Gasteiger partial charge in [0.1, 0.15) is 16.9 Å². The number of fused-ring (bicyclic) bond motifs is 1. The van der Waals surface area contributed by atoms with Crippen molar-refractivity contribution in [3.8, 4) is 0 Å². The third-order valence-electron chi connectivity index (χ3n) is 4.78. The Kier molecular flexibility index (Phi) is 4.65. The maximum Gasteiger partial charge on any atom is 0.227 e. The highest BCUT2D eigenvalue weighted by Gasteiger charge is 2.30. The molecule has 26 heavy (non-hydrogen) atoms. The first kappa shape index (κ1) is 17.4. The van der Waals surface area contributed by atoms with Gasteiger partial charge in [0.25, 0.3) is 0 Å². The number of hydrogen-bond acceptors (Lipinski definition) is 4. The Morgan fingerprint density at radius 1 is 1.42 bits per heavy atom. The number of hydrogen-bond donors (Lipinski definition) is 1. The molecule has 1 amide bonds. The minimum atomic E-state index is -0.0903. The lowest BCUT2D eigenvalue weighted by Crippen LogP contribution is -2.49. The molecule has 0 spiro atoms. The standard InChI is InChI=1S/C18H18Cl2N4O2/c1-23-6-5-22-18(23)14-9-21-4-7-24(14)15(25)8-11-10-26-17-12(11)2-3-13(19)16(17)20/h2-3,5-6,10,14,21H,4,7-9H2,1H3. The molecule has 1 aromatic carbocycles. The number of imidazole rings is 1. The van der Waals surface area contributed by atoms with Crippen molar-refractivity contribution in [2.75, 3.05) is 19.6 Å². The molecular weight excluding hydrogens is 375 g/mol. The fourth-order valence-electron chi connectivity index (χ4n) is 3.43. The number of benzene rings is 1. The maximum absolute atomic E-state index is 13.0. The molecule has 3 heterocycles. The number of rotatable bonds is 3. The summed E-state index contributed by atoms with van der Waals surface area (Å²) >= 11 is 12.2. The van der Waals surface area contributed by atoms with Crippen LogP contribution < -0.4 is 5.32 Å². The van der Waals surface area contributed by atoms with E-state index in [1.807, 2.05) is 28.8 Å². The molecule has 1 aliphatic rings. The lowest BCUT2D eigenvalue weighted by Gasteiger charge is -2.35. The second kappa shape index (κ2) is 6.95. The highest BCUT2D eigenvalue weighted by atomic mass is 35.5. The van der Waals surface area contributed by atoms with Crippen molar-refractivity contribution >= 4 is 40.1 Å². The summed E-state index contributed by atoms with van der Waals surface area (Å²) in [5.74, 6) is 0.908. The zero-order valence-electron chi connectivity index (χ0n) is 14.2. The molecule has 136 valence electrons. The van der Waals surface area contributed by atoms with E-state index in [1.165, 1.54) is 0 Å². The third kappa shape index (κ3) is 2.98. The number of nitrogens with zero attached hydrogens (tertiary/aromatic N) is 3. The van der Waals surface area contributed by atoms with Crippen LogP contribution in [-0.2, 0) is 18.3 Å². The molecule has 1 aliphatic heterocycles. The van der Waals surface area contributed by atoms with Crippen molar-refractivity contribution in [3.05, 3.63) is 52.2 Å². The van der Waals surface area contributed by atoms with Crippen LogP contribution >= 0.6 is 23.2 Å². The number of amides is 1. The first-order chi connectivity index (χ1) is 12.6. The van der Waals surface area contributed by atoms with E-state index in [0.717, 1.165) is 23.3 Å². The molecule has 1 unspecified atom stereocenters. The number of halogens is 2. The number of carbonyl (C=O) groups excluding carboxylic acids is 1. The van der Waals surface area contributed by atoms with Crippen molar-refractivity contribution in [3.63, 3.8) is 0 Å². The molecule has 0 bridgehead atoms. The molecule has 1 fully saturated rings. The van der Waals surface area contributed by atoms with E-state index in [4.69, 9.17) is 27.6 Å². The Labute approximate surface area is 160 Å². The van der Waals surface area contributed by atoms with Crippen molar-refractivity contribution in [2.45, 2.75) is 12.5 Å². The van der Waals surface area contributed by atoms with E-state index >= 15 is 0 Å². The van der Waals surface area contributed by atoms with Crippen LogP contribution in [0.3, 0.4) is 0 Å². The number of nitrogens with one attached hydrogen (secondary N) is 1. The predicted molar refractivity (Wildman–Crippen MR) is 100 cm³/mol. The number of carbonyl (C=O) groups is 1. The fourth-order valence-corrected chi connectivity index (χ4v) is 3.78. The third-order valence-corrected chi connectivity index (χ3v) is 5.56. The predicted octanol–water partition coefficient (Wildman–Crippen LogP) is 3.19. The molecule has 1 atom stereocenters. The second-order valence-corrected chi connectivity index (χ2v) is 7.16. The van der Waals surface area contributed by atoms with Crippen LogP contribution in [0.4, 0.5) is 0 Å². The van der Waals surface area contributed by atoms with Gasteiger partial charge in [-0.2, -0.15) is 0 Å². The highest BCUT2D eigenvalue weighted by Crippen LogP contribution is 2.34. The smallest absolute Gasteiger partial charge is 0.227 e. The average molecular weight is 393 g/mol. The zero-order valence-corrected chi connectivity index (χ0v) is 15.7. The first-order valence-electron chi connectivity index (χ1n) is 8.37. The molecule has 1 saturated heterocycles. The van der Waals surface area contributed by atoms with E-state index in [9.17, 15) is 4.79 Å². The van der Waals surface area contributed by atoms with E-state index in [-0.39, 0.29) is 18.4 Å². The molecule has 4 rings (SSSR count). The van der Waals surface area contributed by atoms with Crippen molar-refractivity contribution in [2.24, 2.45) is 7.05 Å². The van der Waals surface area contributed by atoms with Crippen LogP contribution in [0.1, 0.15) is 17.4 Å². The van der Waals surface area contributed by atoms with Gasteiger partial charge in [0.15, 0.2) is 5.58 Å². The monoisotopic (exact) mass is 392 g/mol. The van der Waals surface area contributed by atoms with Crippen LogP contribution in [0.2, 0.25) is 10.0 Å². The minimum Gasteiger partial charge on any atom is -0.462 e. The Balaban J connectivity index is 1.61. The number of furan rings is 1. The van der Waals surface area contributed by atoms with E-state index in [2.05, 4.69) is 10.3 Å². The molecular formula is C18H18Cl2N4O2. The Morgan fingerprint density at radius 2 is 2.27 bits per heavy atom. The largest absolute Gasteiger partial charge is 0.462 e. The van der Waals surface area contributed by atoms with Gasteiger partial charge in [-0.3, -0.25) is 4.79 Å². The summed E-state index contributed by atoms with van der Waals surface area (Å²) in [5.41, 5.74) is 1.32. The van der Waals surface area contributed by atoms with Crippen molar-refractivity contribution < 1.29 is 9.21 Å². The van der Waals surface area contributed by atoms with Crippen LogP contribution in [-0.4, -0.2) is 40.0 Å². The average Bonchev–Trinajstić information content (AvgIpc) is 3.25. The van der Waals surface area contributed by atoms with E-state index in [0.29, 0.717) is 28.7 Å². The fraction of sp³-hybridized carbons (Fsp3) is 0.333. The summed E-state index contributed by atoms with van der Waals surface area (Å²) < 4.78 is 7.50. The lowest BCUT2D eigenvalue weighted by atomic mass is 10.1.